The first-order valence-corrected chi connectivity index (χ1v) is 12.6. The van der Waals surface area contributed by atoms with E-state index in [1.54, 1.807) is 13.8 Å². The summed E-state index contributed by atoms with van der Waals surface area (Å²) in [6, 6.07) is 8.52. The summed E-state index contributed by atoms with van der Waals surface area (Å²) in [5.74, 6) is 0.456. The monoisotopic (exact) mass is 453 g/mol. The summed E-state index contributed by atoms with van der Waals surface area (Å²) in [6.07, 6.45) is 1.60. The molecule has 3 aliphatic carbocycles. The largest absolute Gasteiger partial charge is 0.388 e. The normalized spacial score (nSPS) is 50.2. The van der Waals surface area contributed by atoms with Gasteiger partial charge in [0.2, 0.25) is 0 Å². The number of hydrogen-bond donors (Lipinski definition) is 4. The number of aliphatic hydroxyl groups excluding tert-OH is 1. The number of aromatic nitrogens is 1. The van der Waals surface area contributed by atoms with Crippen molar-refractivity contribution < 1.29 is 24.8 Å². The van der Waals surface area contributed by atoms with Gasteiger partial charge in [-0.2, -0.15) is 0 Å². The number of fused-ring (bicyclic) bond motifs is 7. The first kappa shape index (κ1) is 20.9. The van der Waals surface area contributed by atoms with Gasteiger partial charge in [0.05, 0.1) is 11.7 Å². The van der Waals surface area contributed by atoms with Gasteiger partial charge in [0.1, 0.15) is 23.9 Å². The number of hydrogen-bond acceptors (Lipinski definition) is 5. The van der Waals surface area contributed by atoms with Gasteiger partial charge >= 0.3 is 0 Å². The summed E-state index contributed by atoms with van der Waals surface area (Å²) in [7, 11) is 0. The Morgan fingerprint density at radius 1 is 1.12 bits per heavy atom. The highest BCUT2D eigenvalue weighted by Gasteiger charge is 2.86. The van der Waals surface area contributed by atoms with E-state index in [9.17, 15) is 15.3 Å². The minimum absolute atomic E-state index is 0.234. The van der Waals surface area contributed by atoms with E-state index in [2.05, 4.69) is 43.1 Å². The van der Waals surface area contributed by atoms with Crippen molar-refractivity contribution in [3.63, 3.8) is 0 Å². The van der Waals surface area contributed by atoms with Crippen LogP contribution in [0.3, 0.4) is 0 Å². The van der Waals surface area contributed by atoms with Crippen LogP contribution >= 0.6 is 0 Å². The third-order valence-corrected chi connectivity index (χ3v) is 10.9. The molecular formula is C27H35NO5. The fourth-order valence-electron chi connectivity index (χ4n) is 8.97. The van der Waals surface area contributed by atoms with E-state index in [4.69, 9.17) is 9.47 Å². The molecule has 2 aromatic rings. The van der Waals surface area contributed by atoms with Crippen LogP contribution < -0.4 is 0 Å². The number of ether oxygens (including phenoxy) is 2. The lowest BCUT2D eigenvalue weighted by molar-refractivity contribution is -0.280. The van der Waals surface area contributed by atoms with Crippen molar-refractivity contribution in [1.82, 2.24) is 4.98 Å². The second-order valence-electron chi connectivity index (χ2n) is 12.4. The highest BCUT2D eigenvalue weighted by Crippen LogP contribution is 2.74. The number of aliphatic hydroxyl groups is 3. The van der Waals surface area contributed by atoms with Gasteiger partial charge in [-0.1, -0.05) is 32.0 Å². The van der Waals surface area contributed by atoms with Crippen molar-refractivity contribution >= 4 is 10.9 Å². The van der Waals surface area contributed by atoms with Gasteiger partial charge in [-0.15, -0.1) is 0 Å². The second-order valence-corrected chi connectivity index (χ2v) is 12.4. The first-order chi connectivity index (χ1) is 15.5. The van der Waals surface area contributed by atoms with Crippen molar-refractivity contribution in [2.75, 3.05) is 0 Å². The Morgan fingerprint density at radius 3 is 2.64 bits per heavy atom. The maximum Gasteiger partial charge on any atom is 0.152 e. The number of rotatable bonds is 1. The SMILES string of the molecule is CC(C)(O)C1OC2CC[C@]3(C)[C@@]4(C)c5[nH]c6ccccc6c5CC4CC[C@@]3(O)C23OC3[C@@H]1O. The van der Waals surface area contributed by atoms with Crippen LogP contribution in [-0.4, -0.2) is 61.5 Å². The standard InChI is InChI=1S/C27H35NO5/c1-23(2,30)21-19(29)22-27(33-22)18(32-21)10-11-24(3)25(4)14(9-12-26(24,27)31)13-16-15-7-5-6-8-17(15)28-20(16)25/h5-8,14,18-19,21-22,28-31H,9-13H2,1-4H3/t14?,18?,19-,21?,22?,24-,25-,26+,27?/m1/s1. The van der Waals surface area contributed by atoms with E-state index >= 15 is 0 Å². The van der Waals surface area contributed by atoms with Crippen molar-refractivity contribution in [3.8, 4) is 0 Å². The first-order valence-electron chi connectivity index (χ1n) is 12.6. The minimum Gasteiger partial charge on any atom is -0.388 e. The summed E-state index contributed by atoms with van der Waals surface area (Å²) < 4.78 is 12.7. The number of para-hydroxylation sites is 1. The second kappa shape index (κ2) is 5.85. The van der Waals surface area contributed by atoms with Crippen LogP contribution in [0.25, 0.3) is 10.9 Å². The van der Waals surface area contributed by atoms with Gasteiger partial charge in [0.25, 0.3) is 0 Å². The topological polar surface area (TPSA) is 98.2 Å². The molecule has 1 aromatic carbocycles. The van der Waals surface area contributed by atoms with Gasteiger partial charge in [0.15, 0.2) is 5.60 Å². The van der Waals surface area contributed by atoms with Crippen LogP contribution in [0.5, 0.6) is 0 Å². The Labute approximate surface area is 194 Å². The summed E-state index contributed by atoms with van der Waals surface area (Å²) in [6.45, 7) is 7.93. The van der Waals surface area contributed by atoms with Crippen molar-refractivity contribution in [2.45, 2.75) is 106 Å². The Bertz CT molecular complexity index is 1170. The zero-order chi connectivity index (χ0) is 23.2. The number of H-pyrrole nitrogens is 1. The molecule has 2 saturated carbocycles. The fourth-order valence-corrected chi connectivity index (χ4v) is 8.97. The predicted octanol–water partition coefficient (Wildman–Crippen LogP) is 2.96. The molecular weight excluding hydrogens is 418 g/mol. The molecule has 4 fully saturated rings. The Hall–Kier alpha value is -1.44. The highest BCUT2D eigenvalue weighted by atomic mass is 16.7. The Kier molecular flexibility index (Phi) is 3.70. The molecule has 4 N–H and O–H groups in total. The van der Waals surface area contributed by atoms with E-state index < -0.39 is 40.5 Å². The Balaban J connectivity index is 1.36. The molecule has 2 saturated heterocycles. The highest BCUT2D eigenvalue weighted by molar-refractivity contribution is 5.86. The molecule has 2 aliphatic heterocycles. The maximum atomic E-state index is 12.7. The number of aromatic amines is 1. The average Bonchev–Trinajstić information content (AvgIpc) is 3.34. The lowest BCUT2D eigenvalue weighted by Crippen LogP contribution is -2.76. The fraction of sp³-hybridized carbons (Fsp3) is 0.704. The van der Waals surface area contributed by atoms with Crippen molar-refractivity contribution in [3.05, 3.63) is 35.5 Å². The van der Waals surface area contributed by atoms with Crippen LogP contribution in [0.4, 0.5) is 0 Å². The number of nitrogens with one attached hydrogen (secondary N) is 1. The van der Waals surface area contributed by atoms with Crippen molar-refractivity contribution in [1.29, 1.82) is 0 Å². The van der Waals surface area contributed by atoms with Crippen molar-refractivity contribution in [2.24, 2.45) is 11.3 Å². The van der Waals surface area contributed by atoms with Gasteiger partial charge in [-0.05, 0) is 63.5 Å². The van der Waals surface area contributed by atoms with Crippen LogP contribution in [0.2, 0.25) is 0 Å². The molecule has 1 spiro atoms. The van der Waals surface area contributed by atoms with Crippen LogP contribution in [0.1, 0.15) is 64.6 Å². The molecule has 5 unspecified atom stereocenters. The van der Waals surface area contributed by atoms with E-state index in [1.807, 2.05) is 0 Å². The maximum absolute atomic E-state index is 12.7. The molecule has 0 amide bonds. The average molecular weight is 454 g/mol. The lowest BCUT2D eigenvalue weighted by Gasteiger charge is -2.66. The molecule has 1 aromatic heterocycles. The van der Waals surface area contributed by atoms with Gasteiger partial charge in [-0.3, -0.25) is 0 Å². The van der Waals surface area contributed by atoms with E-state index in [0.717, 1.165) is 31.2 Å². The lowest BCUT2D eigenvalue weighted by atomic mass is 9.40. The Morgan fingerprint density at radius 2 is 1.88 bits per heavy atom. The molecule has 178 valence electrons. The molecule has 5 aliphatic rings. The number of benzene rings is 1. The van der Waals surface area contributed by atoms with E-state index in [1.165, 1.54) is 16.6 Å². The molecule has 3 heterocycles. The van der Waals surface area contributed by atoms with Crippen LogP contribution in [-0.2, 0) is 21.3 Å². The summed E-state index contributed by atoms with van der Waals surface area (Å²) >= 11 is 0. The predicted molar refractivity (Wildman–Crippen MR) is 123 cm³/mol. The summed E-state index contributed by atoms with van der Waals surface area (Å²) in [5.41, 5.74) is -0.0565. The molecule has 9 atom stereocenters. The molecule has 6 nitrogen and oxygen atoms in total. The number of epoxide rings is 1. The summed E-state index contributed by atoms with van der Waals surface area (Å²) in [5, 5.41) is 35.7. The molecule has 6 heteroatoms. The van der Waals surface area contributed by atoms with E-state index in [0.29, 0.717) is 12.3 Å². The van der Waals surface area contributed by atoms with Gasteiger partial charge in [0, 0.05) is 27.4 Å². The third kappa shape index (κ3) is 2.08. The zero-order valence-corrected chi connectivity index (χ0v) is 19.9. The van der Waals surface area contributed by atoms with Gasteiger partial charge in [-0.25, -0.2) is 0 Å². The molecule has 33 heavy (non-hydrogen) atoms. The zero-order valence-electron chi connectivity index (χ0n) is 19.9. The minimum atomic E-state index is -1.19. The smallest absolute Gasteiger partial charge is 0.152 e. The van der Waals surface area contributed by atoms with Crippen LogP contribution in [0.15, 0.2) is 24.3 Å². The molecule has 0 bridgehead atoms. The quantitative estimate of drug-likeness (QED) is 0.498. The third-order valence-electron chi connectivity index (χ3n) is 10.9. The summed E-state index contributed by atoms with van der Waals surface area (Å²) in [4.78, 5) is 3.76. The van der Waals surface area contributed by atoms with Crippen LogP contribution in [0, 0.1) is 11.3 Å². The molecule has 0 radical (unpaired) electrons. The van der Waals surface area contributed by atoms with E-state index in [-0.39, 0.29) is 11.5 Å². The van der Waals surface area contributed by atoms with Gasteiger partial charge < -0.3 is 29.8 Å². The molecule has 7 rings (SSSR count).